The largest absolute Gasteiger partial charge is 0.388 e. The van der Waals surface area contributed by atoms with Gasteiger partial charge < -0.3 is 9.84 Å². The Labute approximate surface area is 153 Å². The minimum absolute atomic E-state index is 0.0608. The van der Waals surface area contributed by atoms with Crippen LogP contribution >= 0.6 is 0 Å². The maximum absolute atomic E-state index is 12.4. The van der Waals surface area contributed by atoms with E-state index in [4.69, 9.17) is 4.74 Å². The third kappa shape index (κ3) is 6.64. The molecule has 0 bridgehead atoms. The van der Waals surface area contributed by atoms with E-state index in [0.29, 0.717) is 41.7 Å². The molecule has 0 aromatic carbocycles. The number of carbonyl (C=O) groups is 2. The van der Waals surface area contributed by atoms with Crippen molar-refractivity contribution >= 4 is 19.6 Å². The standard InChI is InChI=1S/C20H34O4Si/c1-14-15(2)19(22)17(16(3)18(14)21)9-10-20(4,23)13-24-11-8-12-25(5,6)7/h23H,8-13H2,1-7H3/t20-/m1/s1. The van der Waals surface area contributed by atoms with Crippen molar-refractivity contribution in [1.82, 2.24) is 0 Å². The average molecular weight is 367 g/mol. The summed E-state index contributed by atoms with van der Waals surface area (Å²) in [7, 11) is -1.05. The Balaban J connectivity index is 2.53. The molecule has 4 nitrogen and oxygen atoms in total. The number of Topliss-reactive ketones (excluding diaryl/α,β-unsaturated/α-hetero) is 2. The number of hydrogen-bond donors (Lipinski definition) is 1. The van der Waals surface area contributed by atoms with E-state index < -0.39 is 13.7 Å². The van der Waals surface area contributed by atoms with Crippen LogP contribution in [0.3, 0.4) is 0 Å². The van der Waals surface area contributed by atoms with Crippen LogP contribution in [-0.2, 0) is 14.3 Å². The van der Waals surface area contributed by atoms with E-state index in [1.807, 2.05) is 0 Å². The molecule has 0 fully saturated rings. The molecule has 142 valence electrons. The summed E-state index contributed by atoms with van der Waals surface area (Å²) in [4.78, 5) is 24.6. The van der Waals surface area contributed by atoms with Gasteiger partial charge in [0.05, 0.1) is 12.2 Å². The molecule has 1 aliphatic carbocycles. The van der Waals surface area contributed by atoms with Crippen molar-refractivity contribution in [3.05, 3.63) is 22.3 Å². The molecule has 1 aliphatic rings. The molecule has 0 unspecified atom stereocenters. The van der Waals surface area contributed by atoms with Gasteiger partial charge in [0.15, 0.2) is 11.6 Å². The molecule has 0 radical (unpaired) electrons. The molecular weight excluding hydrogens is 332 g/mol. The molecule has 1 atom stereocenters. The Morgan fingerprint density at radius 2 is 1.56 bits per heavy atom. The first-order valence-corrected chi connectivity index (χ1v) is 12.8. The third-order valence-electron chi connectivity index (χ3n) is 4.85. The molecule has 0 amide bonds. The number of rotatable bonds is 9. The second-order valence-corrected chi connectivity index (χ2v) is 14.3. The van der Waals surface area contributed by atoms with Gasteiger partial charge in [-0.2, -0.15) is 0 Å². The summed E-state index contributed by atoms with van der Waals surface area (Å²) in [5, 5.41) is 10.5. The fourth-order valence-corrected chi connectivity index (χ4v) is 4.12. The second kappa shape index (κ2) is 8.56. The van der Waals surface area contributed by atoms with Crippen molar-refractivity contribution < 1.29 is 19.4 Å². The lowest BCUT2D eigenvalue weighted by Gasteiger charge is -2.25. The van der Waals surface area contributed by atoms with Gasteiger partial charge in [0, 0.05) is 37.0 Å². The minimum atomic E-state index is -1.05. The van der Waals surface area contributed by atoms with Crippen molar-refractivity contribution in [2.75, 3.05) is 13.2 Å². The normalized spacial score (nSPS) is 18.9. The fraction of sp³-hybridized carbons (Fsp3) is 0.700. The van der Waals surface area contributed by atoms with Crippen molar-refractivity contribution in [3.8, 4) is 0 Å². The van der Waals surface area contributed by atoms with Crippen LogP contribution in [0.2, 0.25) is 25.7 Å². The Morgan fingerprint density at radius 3 is 2.12 bits per heavy atom. The van der Waals surface area contributed by atoms with Gasteiger partial charge in [-0.3, -0.25) is 9.59 Å². The number of carbonyl (C=O) groups excluding carboxylic acids is 2. The van der Waals surface area contributed by atoms with Crippen molar-refractivity contribution in [2.45, 2.75) is 78.2 Å². The van der Waals surface area contributed by atoms with Crippen molar-refractivity contribution in [2.24, 2.45) is 0 Å². The Bertz CT molecular complexity index is 591. The quantitative estimate of drug-likeness (QED) is 0.379. The number of ether oxygens (including phenoxy) is 1. The van der Waals surface area contributed by atoms with Gasteiger partial charge in [-0.05, 0) is 47.0 Å². The Morgan fingerprint density at radius 1 is 1.00 bits per heavy atom. The van der Waals surface area contributed by atoms with E-state index in [0.717, 1.165) is 6.42 Å². The number of allylic oxidation sites excluding steroid dienone is 4. The fourth-order valence-electron chi connectivity index (χ4n) is 2.92. The molecule has 0 saturated carbocycles. The zero-order valence-corrected chi connectivity index (χ0v) is 17.9. The SMILES string of the molecule is CC1=C(C)C(=O)C(CC[C@@](C)(O)COCCC[Si](C)(C)C)=C(C)C1=O. The van der Waals surface area contributed by atoms with Gasteiger partial charge in [-0.25, -0.2) is 0 Å². The van der Waals surface area contributed by atoms with Gasteiger partial charge in [0.1, 0.15) is 0 Å². The van der Waals surface area contributed by atoms with Crippen LogP contribution in [0.4, 0.5) is 0 Å². The first-order valence-electron chi connectivity index (χ1n) is 9.12. The third-order valence-corrected chi connectivity index (χ3v) is 6.71. The molecule has 0 aromatic rings. The molecule has 0 aliphatic heterocycles. The lowest BCUT2D eigenvalue weighted by molar-refractivity contribution is -0.116. The molecule has 0 spiro atoms. The number of aliphatic hydroxyl groups is 1. The van der Waals surface area contributed by atoms with Crippen LogP contribution < -0.4 is 0 Å². The zero-order valence-electron chi connectivity index (χ0n) is 16.9. The van der Waals surface area contributed by atoms with Crippen LogP contribution in [0, 0.1) is 0 Å². The molecular formula is C20H34O4Si. The van der Waals surface area contributed by atoms with Crippen LogP contribution in [0.25, 0.3) is 0 Å². The Kier molecular flexibility index (Phi) is 7.53. The summed E-state index contributed by atoms with van der Waals surface area (Å²) in [6.07, 6.45) is 1.82. The highest BCUT2D eigenvalue weighted by Gasteiger charge is 2.30. The summed E-state index contributed by atoms with van der Waals surface area (Å²) in [5.41, 5.74) is 1.10. The van der Waals surface area contributed by atoms with Crippen molar-refractivity contribution in [1.29, 1.82) is 0 Å². The van der Waals surface area contributed by atoms with Gasteiger partial charge in [0.2, 0.25) is 0 Å². The zero-order chi connectivity index (χ0) is 19.4. The van der Waals surface area contributed by atoms with Crippen molar-refractivity contribution in [3.63, 3.8) is 0 Å². The van der Waals surface area contributed by atoms with E-state index in [-0.39, 0.29) is 18.2 Å². The molecule has 1 rings (SSSR count). The summed E-state index contributed by atoms with van der Waals surface area (Å²) >= 11 is 0. The number of ketones is 2. The van der Waals surface area contributed by atoms with E-state index in [9.17, 15) is 14.7 Å². The summed E-state index contributed by atoms with van der Waals surface area (Å²) in [6, 6.07) is 1.21. The highest BCUT2D eigenvalue weighted by atomic mass is 28.3. The molecule has 0 saturated heterocycles. The van der Waals surface area contributed by atoms with E-state index in [2.05, 4.69) is 19.6 Å². The first kappa shape index (κ1) is 22.0. The summed E-state index contributed by atoms with van der Waals surface area (Å²) in [5.74, 6) is -0.129. The van der Waals surface area contributed by atoms with Gasteiger partial charge >= 0.3 is 0 Å². The van der Waals surface area contributed by atoms with Crippen LogP contribution in [-0.4, -0.2) is 43.6 Å². The second-order valence-electron chi connectivity index (χ2n) is 8.73. The lowest BCUT2D eigenvalue weighted by atomic mass is 9.82. The highest BCUT2D eigenvalue weighted by Crippen LogP contribution is 2.29. The van der Waals surface area contributed by atoms with Gasteiger partial charge in [0.25, 0.3) is 0 Å². The smallest absolute Gasteiger partial charge is 0.185 e. The molecule has 5 heteroatoms. The predicted octanol–water partition coefficient (Wildman–Crippen LogP) is 4.07. The van der Waals surface area contributed by atoms with Gasteiger partial charge in [-0.15, -0.1) is 0 Å². The van der Waals surface area contributed by atoms with Crippen LogP contribution in [0.15, 0.2) is 22.3 Å². The van der Waals surface area contributed by atoms with E-state index in [1.165, 1.54) is 6.04 Å². The monoisotopic (exact) mass is 366 g/mol. The minimum Gasteiger partial charge on any atom is -0.388 e. The molecule has 0 heterocycles. The predicted molar refractivity (Wildman–Crippen MR) is 105 cm³/mol. The maximum atomic E-state index is 12.4. The number of hydrogen-bond acceptors (Lipinski definition) is 4. The molecule has 25 heavy (non-hydrogen) atoms. The van der Waals surface area contributed by atoms with Crippen LogP contribution in [0.1, 0.15) is 47.0 Å². The average Bonchev–Trinajstić information content (AvgIpc) is 2.49. The summed E-state index contributed by atoms with van der Waals surface area (Å²) < 4.78 is 5.64. The summed E-state index contributed by atoms with van der Waals surface area (Å²) in [6.45, 7) is 14.7. The van der Waals surface area contributed by atoms with Crippen LogP contribution in [0.5, 0.6) is 0 Å². The van der Waals surface area contributed by atoms with E-state index >= 15 is 0 Å². The van der Waals surface area contributed by atoms with Gasteiger partial charge in [-0.1, -0.05) is 25.7 Å². The molecule has 0 aromatic heterocycles. The highest BCUT2D eigenvalue weighted by molar-refractivity contribution is 6.76. The molecule has 1 N–H and O–H groups in total. The maximum Gasteiger partial charge on any atom is 0.185 e. The van der Waals surface area contributed by atoms with E-state index in [1.54, 1.807) is 27.7 Å². The lowest BCUT2D eigenvalue weighted by Crippen LogP contribution is -2.32. The Hall–Kier alpha value is -1.04. The first-order chi connectivity index (χ1) is 11.4. The topological polar surface area (TPSA) is 63.6 Å².